The Bertz CT molecular complexity index is 934. The molecule has 11 nitrogen and oxygen atoms in total. The Morgan fingerprint density at radius 1 is 1.46 bits per heavy atom. The van der Waals surface area contributed by atoms with Gasteiger partial charge in [-0.3, -0.25) is 24.4 Å². The highest BCUT2D eigenvalue weighted by molar-refractivity contribution is 7.18. The first kappa shape index (κ1) is 21.0. The molecule has 1 atom stereocenters. The number of aromatic nitrogens is 2. The third kappa shape index (κ3) is 4.34. The Kier molecular flexibility index (Phi) is 6.46. The maximum Gasteiger partial charge on any atom is 0.341 e. The van der Waals surface area contributed by atoms with Crippen LogP contribution in [0, 0.1) is 17.0 Å². The van der Waals surface area contributed by atoms with Gasteiger partial charge in [0.1, 0.15) is 23.4 Å². The molecule has 2 rings (SSSR count). The Labute approximate surface area is 163 Å². The van der Waals surface area contributed by atoms with Gasteiger partial charge in [0, 0.05) is 0 Å². The minimum Gasteiger partial charge on any atom is -0.462 e. The summed E-state index contributed by atoms with van der Waals surface area (Å²) in [5.41, 5.74) is 5.45. The molecule has 0 fully saturated rings. The van der Waals surface area contributed by atoms with Crippen LogP contribution in [0.2, 0.25) is 0 Å². The Balaban J connectivity index is 2.31. The van der Waals surface area contributed by atoms with Gasteiger partial charge in [0.2, 0.25) is 5.91 Å². The van der Waals surface area contributed by atoms with E-state index in [2.05, 4.69) is 10.4 Å². The van der Waals surface area contributed by atoms with Crippen LogP contribution < -0.4 is 11.1 Å². The van der Waals surface area contributed by atoms with E-state index in [0.717, 1.165) is 28.4 Å². The maximum atomic E-state index is 12.6. The minimum atomic E-state index is -0.910. The molecule has 0 saturated carbocycles. The van der Waals surface area contributed by atoms with Crippen LogP contribution in [0.5, 0.6) is 0 Å². The fourth-order valence-electron chi connectivity index (χ4n) is 2.32. The summed E-state index contributed by atoms with van der Waals surface area (Å²) in [7, 11) is 0. The Morgan fingerprint density at radius 3 is 2.68 bits per heavy atom. The number of ether oxygens (including phenoxy) is 1. The molecule has 3 N–H and O–H groups in total. The quantitative estimate of drug-likeness (QED) is 0.383. The number of amides is 2. The lowest BCUT2D eigenvalue weighted by molar-refractivity contribution is -0.385. The van der Waals surface area contributed by atoms with Gasteiger partial charge < -0.3 is 15.8 Å². The van der Waals surface area contributed by atoms with Gasteiger partial charge >= 0.3 is 11.7 Å². The molecule has 0 aromatic carbocycles. The molecule has 2 aromatic heterocycles. The minimum absolute atomic E-state index is 0.0549. The number of carbonyl (C=O) groups is 3. The Hall–Kier alpha value is -3.28. The van der Waals surface area contributed by atoms with Crippen LogP contribution in [0.3, 0.4) is 0 Å². The summed E-state index contributed by atoms with van der Waals surface area (Å²) in [5.74, 6) is -2.00. The second-order valence-corrected chi connectivity index (χ2v) is 6.88. The van der Waals surface area contributed by atoms with Crippen molar-refractivity contribution >= 4 is 39.8 Å². The topological polar surface area (TPSA) is 159 Å². The zero-order valence-corrected chi connectivity index (χ0v) is 16.2. The van der Waals surface area contributed by atoms with E-state index >= 15 is 0 Å². The number of hydrogen-bond donors (Lipinski definition) is 2. The number of rotatable bonds is 8. The van der Waals surface area contributed by atoms with Gasteiger partial charge in [-0.2, -0.15) is 5.10 Å². The lowest BCUT2D eigenvalue weighted by Crippen LogP contribution is -2.24. The molecule has 0 aliphatic carbocycles. The van der Waals surface area contributed by atoms with Crippen LogP contribution in [0.25, 0.3) is 0 Å². The van der Waals surface area contributed by atoms with Crippen LogP contribution in [-0.2, 0) is 9.53 Å². The highest BCUT2D eigenvalue weighted by Crippen LogP contribution is 2.34. The molecule has 150 valence electrons. The van der Waals surface area contributed by atoms with Crippen LogP contribution >= 0.6 is 11.3 Å². The van der Waals surface area contributed by atoms with Crippen LogP contribution in [0.15, 0.2) is 12.4 Å². The average Bonchev–Trinajstić information content (AvgIpc) is 3.24. The molecule has 0 radical (unpaired) electrons. The average molecular weight is 409 g/mol. The zero-order chi connectivity index (χ0) is 21.0. The zero-order valence-electron chi connectivity index (χ0n) is 15.4. The van der Waals surface area contributed by atoms with Crippen molar-refractivity contribution in [2.45, 2.75) is 33.2 Å². The summed E-state index contributed by atoms with van der Waals surface area (Å²) in [6.45, 7) is 5.03. The van der Waals surface area contributed by atoms with Crippen molar-refractivity contribution < 1.29 is 24.0 Å². The van der Waals surface area contributed by atoms with Crippen molar-refractivity contribution in [1.82, 2.24) is 9.78 Å². The summed E-state index contributed by atoms with van der Waals surface area (Å²) < 4.78 is 6.24. The molecular weight excluding hydrogens is 390 g/mol. The second-order valence-electron chi connectivity index (χ2n) is 5.86. The van der Waals surface area contributed by atoms with E-state index in [0.29, 0.717) is 12.0 Å². The molecule has 0 aliphatic heterocycles. The molecule has 0 aliphatic rings. The lowest BCUT2D eigenvalue weighted by Gasteiger charge is -2.12. The number of nitrogens with zero attached hydrogens (tertiary/aromatic N) is 3. The maximum absolute atomic E-state index is 12.6. The molecule has 2 heterocycles. The van der Waals surface area contributed by atoms with E-state index in [1.807, 2.05) is 6.92 Å². The van der Waals surface area contributed by atoms with Gasteiger partial charge in [-0.25, -0.2) is 4.79 Å². The van der Waals surface area contributed by atoms with Gasteiger partial charge in [0.25, 0.3) is 5.91 Å². The van der Waals surface area contributed by atoms with Crippen LogP contribution in [0.1, 0.15) is 51.9 Å². The smallest absolute Gasteiger partial charge is 0.341 e. The van der Waals surface area contributed by atoms with Gasteiger partial charge in [-0.1, -0.05) is 6.92 Å². The molecule has 28 heavy (non-hydrogen) atoms. The number of nitrogens with one attached hydrogen (secondary N) is 1. The molecule has 2 amide bonds. The predicted molar refractivity (Wildman–Crippen MR) is 100 cm³/mol. The molecule has 1 unspecified atom stereocenters. The number of carbonyl (C=O) groups excluding carboxylic acids is 3. The first-order chi connectivity index (χ1) is 13.2. The first-order valence-corrected chi connectivity index (χ1v) is 9.08. The molecule has 0 bridgehead atoms. The van der Waals surface area contributed by atoms with Crippen LogP contribution in [-0.4, -0.2) is 39.1 Å². The molecular formula is C16H19N5O6S. The van der Waals surface area contributed by atoms with E-state index in [1.165, 1.54) is 13.8 Å². The standard InChI is InChI=1S/C16H19N5O6S/c1-4-5-27-16(24)11-8(2)12(13(17)22)28-15(11)19-14(23)9(3)20-7-10(6-18-20)21(25)26/h6-7,9H,4-5H2,1-3H3,(H2,17,22)(H,19,23). The summed E-state index contributed by atoms with van der Waals surface area (Å²) in [4.78, 5) is 46.8. The van der Waals surface area contributed by atoms with Crippen molar-refractivity contribution in [2.24, 2.45) is 5.73 Å². The SMILES string of the molecule is CCCOC(=O)c1c(NC(=O)C(C)n2cc([N+](=O)[O-])cn2)sc(C(N)=O)c1C. The molecule has 0 saturated heterocycles. The number of anilines is 1. The second kappa shape index (κ2) is 8.61. The number of nitro groups is 1. The molecule has 12 heteroatoms. The van der Waals surface area contributed by atoms with Crippen molar-refractivity contribution in [1.29, 1.82) is 0 Å². The number of esters is 1. The van der Waals surface area contributed by atoms with Crippen molar-refractivity contribution in [3.63, 3.8) is 0 Å². The molecule has 2 aromatic rings. The van der Waals surface area contributed by atoms with E-state index in [4.69, 9.17) is 10.5 Å². The number of hydrogen-bond acceptors (Lipinski definition) is 8. The van der Waals surface area contributed by atoms with E-state index in [1.54, 1.807) is 0 Å². The first-order valence-electron chi connectivity index (χ1n) is 8.27. The summed E-state index contributed by atoms with van der Waals surface area (Å²) in [6.07, 6.45) is 2.75. The van der Waals surface area contributed by atoms with Crippen LogP contribution in [0.4, 0.5) is 10.7 Å². The lowest BCUT2D eigenvalue weighted by atomic mass is 10.1. The summed E-state index contributed by atoms with van der Waals surface area (Å²) in [6, 6.07) is -0.910. The van der Waals surface area contributed by atoms with Crippen molar-refractivity contribution in [2.75, 3.05) is 11.9 Å². The van der Waals surface area contributed by atoms with Gasteiger partial charge in [-0.05, 0) is 25.8 Å². The number of primary amides is 1. The largest absolute Gasteiger partial charge is 0.462 e. The Morgan fingerprint density at radius 2 is 2.14 bits per heavy atom. The highest BCUT2D eigenvalue weighted by atomic mass is 32.1. The number of nitrogens with two attached hydrogens (primary N) is 1. The predicted octanol–water partition coefficient (Wildman–Crippen LogP) is 2.03. The summed E-state index contributed by atoms with van der Waals surface area (Å²) in [5, 5.41) is 17.2. The van der Waals surface area contributed by atoms with E-state index in [-0.39, 0.29) is 27.7 Å². The van der Waals surface area contributed by atoms with Gasteiger partial charge in [-0.15, -0.1) is 11.3 Å². The monoisotopic (exact) mass is 409 g/mol. The van der Waals surface area contributed by atoms with Gasteiger partial charge in [0.05, 0.1) is 22.0 Å². The normalized spacial score (nSPS) is 11.7. The van der Waals surface area contributed by atoms with E-state index in [9.17, 15) is 24.5 Å². The summed E-state index contributed by atoms with van der Waals surface area (Å²) >= 11 is 0.862. The third-order valence-corrected chi connectivity index (χ3v) is 5.05. The fourth-order valence-corrected chi connectivity index (χ4v) is 3.37. The third-order valence-electron chi connectivity index (χ3n) is 3.82. The van der Waals surface area contributed by atoms with E-state index < -0.39 is 28.7 Å². The number of thiophene rings is 1. The highest BCUT2D eigenvalue weighted by Gasteiger charge is 2.27. The fraction of sp³-hybridized carbons (Fsp3) is 0.375. The van der Waals surface area contributed by atoms with Crippen molar-refractivity contribution in [3.8, 4) is 0 Å². The van der Waals surface area contributed by atoms with Crippen molar-refractivity contribution in [3.05, 3.63) is 38.5 Å². The van der Waals surface area contributed by atoms with Gasteiger partial charge in [0.15, 0.2) is 0 Å². The molecule has 0 spiro atoms.